The number of rotatable bonds is 3. The van der Waals surface area contributed by atoms with Gasteiger partial charge in [0.2, 0.25) is 0 Å². The van der Waals surface area contributed by atoms with E-state index in [1.54, 1.807) is 0 Å². The van der Waals surface area contributed by atoms with E-state index in [0.29, 0.717) is 5.69 Å². The van der Waals surface area contributed by atoms with E-state index in [0.717, 1.165) is 6.39 Å². The van der Waals surface area contributed by atoms with E-state index in [1.807, 2.05) is 20.8 Å². The molecule has 6 heteroatoms. The van der Waals surface area contributed by atoms with Crippen LogP contribution in [0.25, 0.3) is 0 Å². The molecule has 0 amide bonds. The lowest BCUT2D eigenvalue weighted by Gasteiger charge is -2.19. The molecule has 1 heterocycles. The SMILES string of the molecule is CC(C)(C)NCc1ncoc1CC(F)(F)F. The number of alkyl halides is 3. The lowest BCUT2D eigenvalue weighted by molar-refractivity contribution is -0.130. The molecule has 1 aromatic rings. The summed E-state index contributed by atoms with van der Waals surface area (Å²) >= 11 is 0. The molecule has 0 aliphatic rings. The molecule has 0 aromatic carbocycles. The predicted molar refractivity (Wildman–Crippen MR) is 52.9 cm³/mol. The zero-order valence-electron chi connectivity index (χ0n) is 9.48. The van der Waals surface area contributed by atoms with Gasteiger partial charge in [0.25, 0.3) is 0 Å². The second-order valence-electron chi connectivity index (χ2n) is 4.62. The van der Waals surface area contributed by atoms with Crippen LogP contribution in [0.5, 0.6) is 0 Å². The van der Waals surface area contributed by atoms with Gasteiger partial charge in [-0.25, -0.2) is 4.98 Å². The molecule has 0 saturated carbocycles. The van der Waals surface area contributed by atoms with E-state index in [4.69, 9.17) is 4.42 Å². The van der Waals surface area contributed by atoms with Crippen LogP contribution >= 0.6 is 0 Å². The smallest absolute Gasteiger partial charge is 0.396 e. The lowest BCUT2D eigenvalue weighted by atomic mass is 10.1. The Balaban J connectivity index is 2.64. The highest BCUT2D eigenvalue weighted by Gasteiger charge is 2.31. The van der Waals surface area contributed by atoms with Crippen LogP contribution in [0.4, 0.5) is 13.2 Å². The van der Waals surface area contributed by atoms with Crippen molar-refractivity contribution in [1.82, 2.24) is 10.3 Å². The van der Waals surface area contributed by atoms with E-state index in [1.165, 1.54) is 0 Å². The highest BCUT2D eigenvalue weighted by atomic mass is 19.4. The summed E-state index contributed by atoms with van der Waals surface area (Å²) in [5.41, 5.74) is 0.140. The summed E-state index contributed by atoms with van der Waals surface area (Å²) in [6.45, 7) is 6.05. The number of oxazole rings is 1. The standard InChI is InChI=1S/C10H15F3N2O/c1-9(2,3)15-5-7-8(16-6-14-7)4-10(11,12)13/h6,15H,4-5H2,1-3H3. The summed E-state index contributed by atoms with van der Waals surface area (Å²) in [6, 6.07) is 0. The Kier molecular flexibility index (Phi) is 3.62. The molecule has 0 aliphatic heterocycles. The van der Waals surface area contributed by atoms with Crippen molar-refractivity contribution in [2.24, 2.45) is 0 Å². The number of nitrogens with one attached hydrogen (secondary N) is 1. The van der Waals surface area contributed by atoms with E-state index >= 15 is 0 Å². The summed E-state index contributed by atoms with van der Waals surface area (Å²) in [5, 5.41) is 3.06. The topological polar surface area (TPSA) is 38.1 Å². The fourth-order valence-corrected chi connectivity index (χ4v) is 1.11. The minimum absolute atomic E-state index is 0.121. The van der Waals surface area contributed by atoms with E-state index in [9.17, 15) is 13.2 Å². The number of halogens is 3. The number of hydrogen-bond acceptors (Lipinski definition) is 3. The van der Waals surface area contributed by atoms with Crippen LogP contribution in [0.2, 0.25) is 0 Å². The highest BCUT2D eigenvalue weighted by Crippen LogP contribution is 2.23. The fourth-order valence-electron chi connectivity index (χ4n) is 1.11. The van der Waals surface area contributed by atoms with Gasteiger partial charge >= 0.3 is 6.18 Å². The van der Waals surface area contributed by atoms with Gasteiger partial charge < -0.3 is 9.73 Å². The molecule has 0 radical (unpaired) electrons. The molecule has 0 unspecified atom stereocenters. The van der Waals surface area contributed by atoms with E-state index < -0.39 is 12.6 Å². The van der Waals surface area contributed by atoms with Gasteiger partial charge in [0.05, 0.1) is 5.69 Å². The number of hydrogen-bond donors (Lipinski definition) is 1. The summed E-state index contributed by atoms with van der Waals surface area (Å²) in [7, 11) is 0. The molecule has 0 bridgehead atoms. The average molecular weight is 236 g/mol. The van der Waals surface area contributed by atoms with Gasteiger partial charge in [0, 0.05) is 12.1 Å². The van der Waals surface area contributed by atoms with Crippen LogP contribution in [0.15, 0.2) is 10.8 Å². The minimum Gasteiger partial charge on any atom is -0.448 e. The molecule has 3 nitrogen and oxygen atoms in total. The predicted octanol–water partition coefficient (Wildman–Crippen LogP) is 2.67. The maximum absolute atomic E-state index is 12.2. The van der Waals surface area contributed by atoms with Crippen LogP contribution in [0, 0.1) is 0 Å². The molecule has 0 spiro atoms. The summed E-state index contributed by atoms with van der Waals surface area (Å²) in [4.78, 5) is 3.77. The van der Waals surface area contributed by atoms with Crippen molar-refractivity contribution in [1.29, 1.82) is 0 Å². The Hall–Kier alpha value is -1.04. The second kappa shape index (κ2) is 4.45. The van der Waals surface area contributed by atoms with Crippen molar-refractivity contribution >= 4 is 0 Å². The lowest BCUT2D eigenvalue weighted by Crippen LogP contribution is -2.35. The molecule has 0 saturated heterocycles. The van der Waals surface area contributed by atoms with Gasteiger partial charge in [-0.2, -0.15) is 13.2 Å². The first-order chi connectivity index (χ1) is 7.17. The van der Waals surface area contributed by atoms with Crippen molar-refractivity contribution in [2.75, 3.05) is 0 Å². The van der Waals surface area contributed by atoms with Gasteiger partial charge in [-0.3, -0.25) is 0 Å². The maximum Gasteiger partial charge on any atom is 0.396 e. The summed E-state index contributed by atoms with van der Waals surface area (Å²) < 4.78 is 41.2. The molecule has 0 aliphatic carbocycles. The third kappa shape index (κ3) is 4.65. The normalized spacial score (nSPS) is 13.1. The quantitative estimate of drug-likeness (QED) is 0.876. The number of aromatic nitrogens is 1. The zero-order valence-corrected chi connectivity index (χ0v) is 9.48. The van der Waals surface area contributed by atoms with Gasteiger partial charge in [0.1, 0.15) is 12.2 Å². The third-order valence-corrected chi connectivity index (χ3v) is 1.87. The molecule has 1 rings (SSSR count). The Morgan fingerprint density at radius 2 is 1.94 bits per heavy atom. The molecular weight excluding hydrogens is 221 g/mol. The highest BCUT2D eigenvalue weighted by molar-refractivity contribution is 5.08. The second-order valence-corrected chi connectivity index (χ2v) is 4.62. The number of nitrogens with zero attached hydrogens (tertiary/aromatic N) is 1. The Labute approximate surface area is 92.0 Å². The molecule has 16 heavy (non-hydrogen) atoms. The third-order valence-electron chi connectivity index (χ3n) is 1.87. The molecular formula is C10H15F3N2O. The Morgan fingerprint density at radius 1 is 1.31 bits per heavy atom. The maximum atomic E-state index is 12.2. The van der Waals surface area contributed by atoms with Crippen LogP contribution in [-0.2, 0) is 13.0 Å². The Bertz CT molecular complexity index is 339. The monoisotopic (exact) mass is 236 g/mol. The van der Waals surface area contributed by atoms with Crippen molar-refractivity contribution in [2.45, 2.75) is 45.5 Å². The van der Waals surface area contributed by atoms with Crippen LogP contribution in [-0.4, -0.2) is 16.7 Å². The van der Waals surface area contributed by atoms with Crippen molar-refractivity contribution in [3.63, 3.8) is 0 Å². The fraction of sp³-hybridized carbons (Fsp3) is 0.700. The first-order valence-electron chi connectivity index (χ1n) is 4.90. The van der Waals surface area contributed by atoms with Crippen LogP contribution in [0.3, 0.4) is 0 Å². The summed E-state index contributed by atoms with van der Waals surface area (Å²) in [5.74, 6) is -0.121. The molecule has 0 fully saturated rings. The molecule has 1 N–H and O–H groups in total. The van der Waals surface area contributed by atoms with Crippen LogP contribution in [0.1, 0.15) is 32.2 Å². The van der Waals surface area contributed by atoms with Gasteiger partial charge in [-0.05, 0) is 20.8 Å². The Morgan fingerprint density at radius 3 is 2.44 bits per heavy atom. The van der Waals surface area contributed by atoms with Gasteiger partial charge in [-0.15, -0.1) is 0 Å². The van der Waals surface area contributed by atoms with Crippen molar-refractivity contribution < 1.29 is 17.6 Å². The molecule has 0 atom stereocenters. The largest absolute Gasteiger partial charge is 0.448 e. The summed E-state index contributed by atoms with van der Waals surface area (Å²) in [6.07, 6.45) is -4.30. The average Bonchev–Trinajstić information content (AvgIpc) is 2.44. The van der Waals surface area contributed by atoms with Crippen molar-refractivity contribution in [3.05, 3.63) is 17.8 Å². The van der Waals surface area contributed by atoms with Crippen LogP contribution < -0.4 is 5.32 Å². The first-order valence-corrected chi connectivity index (χ1v) is 4.90. The molecule has 1 aromatic heterocycles. The van der Waals surface area contributed by atoms with Gasteiger partial charge in [0.15, 0.2) is 6.39 Å². The zero-order chi connectivity index (χ0) is 12.4. The first kappa shape index (κ1) is 13.0. The minimum atomic E-state index is -4.27. The van der Waals surface area contributed by atoms with E-state index in [2.05, 4.69) is 10.3 Å². The van der Waals surface area contributed by atoms with E-state index in [-0.39, 0.29) is 17.8 Å². The molecule has 92 valence electrons. The van der Waals surface area contributed by atoms with Gasteiger partial charge in [-0.1, -0.05) is 0 Å². The van der Waals surface area contributed by atoms with Crippen molar-refractivity contribution in [3.8, 4) is 0 Å².